The van der Waals surface area contributed by atoms with Crippen LogP contribution in [0.25, 0.3) is 0 Å². The van der Waals surface area contributed by atoms with Gasteiger partial charge in [0.25, 0.3) is 5.91 Å². The van der Waals surface area contributed by atoms with Gasteiger partial charge in [-0.25, -0.2) is 9.48 Å². The van der Waals surface area contributed by atoms with E-state index in [0.717, 1.165) is 18.4 Å². The van der Waals surface area contributed by atoms with Crippen LogP contribution >= 0.6 is 11.6 Å². The van der Waals surface area contributed by atoms with E-state index in [-0.39, 0.29) is 10.7 Å². The Morgan fingerprint density at radius 1 is 1.24 bits per heavy atom. The lowest BCUT2D eigenvalue weighted by Gasteiger charge is -2.33. The first-order chi connectivity index (χ1) is 13.9. The minimum absolute atomic E-state index is 0.125. The molecule has 154 valence electrons. The minimum atomic E-state index is -0.729. The van der Waals surface area contributed by atoms with Crippen molar-refractivity contribution in [2.45, 2.75) is 38.8 Å². The van der Waals surface area contributed by atoms with Gasteiger partial charge in [0.1, 0.15) is 16.8 Å². The van der Waals surface area contributed by atoms with Crippen LogP contribution in [0.4, 0.5) is 0 Å². The highest BCUT2D eigenvalue weighted by atomic mass is 35.5. The van der Waals surface area contributed by atoms with Crippen molar-refractivity contribution in [1.82, 2.24) is 14.7 Å². The number of esters is 1. The number of carbonyl (C=O) groups is 3. The number of carbonyl (C=O) groups excluding carboxylic acids is 3. The second-order valence-corrected chi connectivity index (χ2v) is 7.33. The van der Waals surface area contributed by atoms with Crippen molar-refractivity contribution in [3.05, 3.63) is 52.3 Å². The smallest absolute Gasteiger partial charge is 0.343 e. The second-order valence-electron chi connectivity index (χ2n) is 6.97. The molecule has 0 bridgehead atoms. The predicted octanol–water partition coefficient (Wildman–Crippen LogP) is 1.92. The molecule has 2 amide bonds. The third-order valence-corrected chi connectivity index (χ3v) is 5.31. The molecular weight excluding hydrogens is 396 g/mol. The summed E-state index contributed by atoms with van der Waals surface area (Å²) in [6.07, 6.45) is 2.12. The van der Waals surface area contributed by atoms with Crippen molar-refractivity contribution < 1.29 is 19.1 Å². The number of nitrogens with zero attached hydrogens (tertiary/aromatic N) is 3. The number of benzene rings is 1. The number of primary amides is 1. The molecule has 1 aromatic heterocycles. The summed E-state index contributed by atoms with van der Waals surface area (Å²) in [4.78, 5) is 37.9. The zero-order valence-electron chi connectivity index (χ0n) is 16.1. The van der Waals surface area contributed by atoms with Crippen LogP contribution in [0.5, 0.6) is 0 Å². The first-order valence-corrected chi connectivity index (χ1v) is 9.79. The molecular formula is C20H23ClN4O4. The van der Waals surface area contributed by atoms with Crippen molar-refractivity contribution in [1.29, 1.82) is 0 Å². The highest BCUT2D eigenvalue weighted by Gasteiger charge is 2.31. The summed E-state index contributed by atoms with van der Waals surface area (Å²) in [5, 5.41) is 4.46. The van der Waals surface area contributed by atoms with Crippen molar-refractivity contribution in [3.63, 3.8) is 0 Å². The fourth-order valence-electron chi connectivity index (χ4n) is 3.45. The maximum absolute atomic E-state index is 12.5. The number of piperidine rings is 1. The standard InChI is InChI=1S/C20H23ClN4O4/c1-13-17(18(21)25(23-13)11-14-7-3-2-4-8-14)20(28)29-12-16(26)24-10-6-5-9-15(24)19(22)27/h2-4,7-8,15H,5-6,9-12H2,1H3,(H2,22,27)/t15-/m0/s1. The van der Waals surface area contributed by atoms with Crippen LogP contribution in [0, 0.1) is 6.92 Å². The van der Waals surface area contributed by atoms with Gasteiger partial charge < -0.3 is 15.4 Å². The fourth-order valence-corrected chi connectivity index (χ4v) is 3.77. The highest BCUT2D eigenvalue weighted by Crippen LogP contribution is 2.22. The molecule has 1 aliphatic heterocycles. The summed E-state index contributed by atoms with van der Waals surface area (Å²) in [7, 11) is 0. The third-order valence-electron chi connectivity index (χ3n) is 4.92. The molecule has 1 saturated heterocycles. The molecule has 29 heavy (non-hydrogen) atoms. The number of amides is 2. The number of likely N-dealkylation sites (tertiary alicyclic amines) is 1. The zero-order valence-corrected chi connectivity index (χ0v) is 16.9. The van der Waals surface area contributed by atoms with Gasteiger partial charge in [-0.3, -0.25) is 9.59 Å². The number of ether oxygens (including phenoxy) is 1. The molecule has 1 aromatic carbocycles. The van der Waals surface area contributed by atoms with Gasteiger partial charge in [0.15, 0.2) is 6.61 Å². The van der Waals surface area contributed by atoms with E-state index in [9.17, 15) is 14.4 Å². The lowest BCUT2D eigenvalue weighted by Crippen LogP contribution is -2.51. The molecule has 3 rings (SSSR count). The van der Waals surface area contributed by atoms with Crippen molar-refractivity contribution >= 4 is 29.4 Å². The van der Waals surface area contributed by atoms with E-state index in [1.54, 1.807) is 6.92 Å². The Hall–Kier alpha value is -2.87. The maximum Gasteiger partial charge on any atom is 0.343 e. The van der Waals surface area contributed by atoms with E-state index in [2.05, 4.69) is 5.10 Å². The molecule has 0 aliphatic carbocycles. The van der Waals surface area contributed by atoms with Gasteiger partial charge in [0.05, 0.1) is 12.2 Å². The van der Waals surface area contributed by atoms with Crippen LogP contribution in [0.15, 0.2) is 30.3 Å². The molecule has 1 fully saturated rings. The molecule has 1 aliphatic rings. The Bertz CT molecular complexity index is 913. The maximum atomic E-state index is 12.5. The van der Waals surface area contributed by atoms with Gasteiger partial charge >= 0.3 is 5.97 Å². The molecule has 8 nitrogen and oxygen atoms in total. The Kier molecular flexibility index (Phi) is 6.53. The number of aromatic nitrogens is 2. The summed E-state index contributed by atoms with van der Waals surface area (Å²) in [6.45, 7) is 1.99. The normalized spacial score (nSPS) is 16.5. The van der Waals surface area contributed by atoms with Gasteiger partial charge in [0.2, 0.25) is 5.91 Å². The molecule has 0 unspecified atom stereocenters. The van der Waals surface area contributed by atoms with Crippen LogP contribution in [0.3, 0.4) is 0 Å². The molecule has 1 atom stereocenters. The number of nitrogens with two attached hydrogens (primary N) is 1. The zero-order chi connectivity index (χ0) is 21.0. The lowest BCUT2D eigenvalue weighted by molar-refractivity contribution is -0.143. The van der Waals surface area contributed by atoms with Crippen LogP contribution in [0.1, 0.15) is 40.9 Å². The molecule has 2 aromatic rings. The van der Waals surface area contributed by atoms with E-state index in [4.69, 9.17) is 22.1 Å². The van der Waals surface area contributed by atoms with Gasteiger partial charge in [0, 0.05) is 6.54 Å². The van der Waals surface area contributed by atoms with Crippen LogP contribution < -0.4 is 5.73 Å². The van der Waals surface area contributed by atoms with Gasteiger partial charge in [-0.05, 0) is 31.7 Å². The number of aryl methyl sites for hydroxylation is 1. The Morgan fingerprint density at radius 2 is 1.97 bits per heavy atom. The summed E-state index contributed by atoms with van der Waals surface area (Å²) >= 11 is 6.35. The van der Waals surface area contributed by atoms with Crippen LogP contribution in [0.2, 0.25) is 5.15 Å². The molecule has 2 heterocycles. The molecule has 2 N–H and O–H groups in total. The highest BCUT2D eigenvalue weighted by molar-refractivity contribution is 6.32. The van der Waals surface area contributed by atoms with Gasteiger partial charge in [-0.15, -0.1) is 0 Å². The number of hydrogen-bond acceptors (Lipinski definition) is 5. The summed E-state index contributed by atoms with van der Waals surface area (Å²) in [5.41, 5.74) is 6.90. The first-order valence-electron chi connectivity index (χ1n) is 9.41. The summed E-state index contributed by atoms with van der Waals surface area (Å²) < 4.78 is 6.69. The largest absolute Gasteiger partial charge is 0.452 e. The summed E-state index contributed by atoms with van der Waals surface area (Å²) in [6, 6.07) is 8.91. The average molecular weight is 419 g/mol. The molecule has 0 spiro atoms. The summed E-state index contributed by atoms with van der Waals surface area (Å²) in [5.74, 6) is -1.73. The monoisotopic (exact) mass is 418 g/mol. The van der Waals surface area contributed by atoms with Crippen LogP contribution in [-0.2, 0) is 20.9 Å². The second kappa shape index (κ2) is 9.09. The van der Waals surface area contributed by atoms with E-state index in [1.165, 1.54) is 9.58 Å². The fraction of sp³-hybridized carbons (Fsp3) is 0.400. The molecule has 0 saturated carbocycles. The average Bonchev–Trinajstić information content (AvgIpc) is 2.99. The third kappa shape index (κ3) is 4.76. The Labute approximate surface area is 173 Å². The van der Waals surface area contributed by atoms with E-state index >= 15 is 0 Å². The first kappa shape index (κ1) is 20.9. The van der Waals surface area contributed by atoms with E-state index in [1.807, 2.05) is 30.3 Å². The van der Waals surface area contributed by atoms with Crippen molar-refractivity contribution in [3.8, 4) is 0 Å². The number of rotatable bonds is 6. The number of hydrogen-bond donors (Lipinski definition) is 1. The lowest BCUT2D eigenvalue weighted by atomic mass is 10.0. The van der Waals surface area contributed by atoms with E-state index < -0.39 is 30.4 Å². The van der Waals surface area contributed by atoms with Crippen molar-refractivity contribution in [2.75, 3.05) is 13.2 Å². The topological polar surface area (TPSA) is 108 Å². The SMILES string of the molecule is Cc1nn(Cc2ccccc2)c(Cl)c1C(=O)OCC(=O)N1CCCC[C@H]1C(N)=O. The Balaban J connectivity index is 1.66. The van der Waals surface area contributed by atoms with Crippen LogP contribution in [-0.4, -0.2) is 51.7 Å². The predicted molar refractivity (Wildman–Crippen MR) is 106 cm³/mol. The number of halogens is 1. The molecule has 9 heteroatoms. The Morgan fingerprint density at radius 3 is 2.66 bits per heavy atom. The van der Waals surface area contributed by atoms with Crippen molar-refractivity contribution in [2.24, 2.45) is 5.73 Å². The van der Waals surface area contributed by atoms with E-state index in [0.29, 0.717) is 25.2 Å². The minimum Gasteiger partial charge on any atom is -0.452 e. The van der Waals surface area contributed by atoms with Gasteiger partial charge in [-0.1, -0.05) is 41.9 Å². The quantitative estimate of drug-likeness (QED) is 0.721. The van der Waals surface area contributed by atoms with Gasteiger partial charge in [-0.2, -0.15) is 5.10 Å². The molecule has 0 radical (unpaired) electrons.